The molecule has 1 saturated heterocycles. The lowest BCUT2D eigenvalue weighted by atomic mass is 9.86. The van der Waals surface area contributed by atoms with Gasteiger partial charge in [0, 0.05) is 6.42 Å². The van der Waals surface area contributed by atoms with Crippen LogP contribution in [0.2, 0.25) is 0 Å². The number of hydrogen-bond acceptors (Lipinski definition) is 6. The minimum atomic E-state index is -0.246. The van der Waals surface area contributed by atoms with Crippen LogP contribution in [0.4, 0.5) is 0 Å². The van der Waals surface area contributed by atoms with Gasteiger partial charge in [-0.25, -0.2) is 0 Å². The molecule has 1 aliphatic carbocycles. The second-order valence-corrected chi connectivity index (χ2v) is 7.23. The number of carbonyl (C=O) groups excluding carboxylic acids is 1. The van der Waals surface area contributed by atoms with Crippen molar-refractivity contribution in [1.29, 1.82) is 0 Å². The van der Waals surface area contributed by atoms with E-state index in [2.05, 4.69) is 0 Å². The molecule has 6 heteroatoms. The summed E-state index contributed by atoms with van der Waals surface area (Å²) < 4.78 is 27.4. The Kier molecular flexibility index (Phi) is 11.9. The van der Waals surface area contributed by atoms with Gasteiger partial charge < -0.3 is 23.7 Å². The van der Waals surface area contributed by atoms with Crippen LogP contribution in [0.5, 0.6) is 0 Å². The highest BCUT2D eigenvalue weighted by Crippen LogP contribution is 2.27. The van der Waals surface area contributed by atoms with Crippen LogP contribution in [0.3, 0.4) is 0 Å². The lowest BCUT2D eigenvalue weighted by molar-refractivity contribution is -0.151. The Balaban J connectivity index is 1.53. The summed E-state index contributed by atoms with van der Waals surface area (Å²) in [4.78, 5) is 12.0. The summed E-state index contributed by atoms with van der Waals surface area (Å²) >= 11 is 0. The third-order valence-electron chi connectivity index (χ3n) is 5.03. The van der Waals surface area contributed by atoms with Crippen LogP contribution in [-0.2, 0) is 28.5 Å². The molecule has 6 nitrogen and oxygen atoms in total. The summed E-state index contributed by atoms with van der Waals surface area (Å²) in [6.07, 6.45) is 10.5. The van der Waals surface area contributed by atoms with Crippen molar-refractivity contribution in [1.82, 2.24) is 0 Å². The maximum absolute atomic E-state index is 12.0. The average molecular weight is 373 g/mol. The van der Waals surface area contributed by atoms with Gasteiger partial charge in [0.15, 0.2) is 0 Å². The lowest BCUT2D eigenvalue weighted by Gasteiger charge is -2.21. The molecule has 1 heterocycles. The standard InChI is InChI=1S/C20H36O6/c21-20(9-5-4-8-18-6-2-1-3-7-18)26-17-19-16-24-13-12-22-10-11-23-14-15-25-19/h18-19H,1-17H2. The fourth-order valence-electron chi connectivity index (χ4n) is 3.51. The Labute approximate surface area is 157 Å². The van der Waals surface area contributed by atoms with E-state index in [-0.39, 0.29) is 18.7 Å². The molecule has 2 rings (SSSR count). The van der Waals surface area contributed by atoms with Gasteiger partial charge in [-0.05, 0) is 12.3 Å². The van der Waals surface area contributed by atoms with E-state index in [4.69, 9.17) is 23.7 Å². The van der Waals surface area contributed by atoms with Crippen molar-refractivity contribution in [3.63, 3.8) is 0 Å². The van der Waals surface area contributed by atoms with Gasteiger partial charge in [-0.2, -0.15) is 0 Å². The van der Waals surface area contributed by atoms with Crippen molar-refractivity contribution < 1.29 is 28.5 Å². The van der Waals surface area contributed by atoms with Crippen molar-refractivity contribution in [2.75, 3.05) is 52.9 Å². The molecule has 1 atom stereocenters. The average Bonchev–Trinajstić information content (AvgIpc) is 2.66. The molecule has 1 saturated carbocycles. The van der Waals surface area contributed by atoms with Crippen molar-refractivity contribution in [3.05, 3.63) is 0 Å². The largest absolute Gasteiger partial charge is 0.463 e. The first-order valence-corrected chi connectivity index (χ1v) is 10.3. The number of carbonyl (C=O) groups is 1. The Morgan fingerprint density at radius 2 is 1.54 bits per heavy atom. The summed E-state index contributed by atoms with van der Waals surface area (Å²) in [7, 11) is 0. The molecule has 0 aromatic carbocycles. The molecule has 2 fully saturated rings. The van der Waals surface area contributed by atoms with Gasteiger partial charge in [-0.15, -0.1) is 0 Å². The predicted octanol–water partition coefficient (Wildman–Crippen LogP) is 3.12. The summed E-state index contributed by atoms with van der Waals surface area (Å²) in [5.74, 6) is 0.746. The summed E-state index contributed by atoms with van der Waals surface area (Å²) in [6, 6.07) is 0. The van der Waals surface area contributed by atoms with Crippen LogP contribution in [0.1, 0.15) is 57.8 Å². The highest BCUT2D eigenvalue weighted by atomic mass is 16.6. The molecule has 26 heavy (non-hydrogen) atoms. The maximum Gasteiger partial charge on any atom is 0.305 e. The molecule has 0 spiro atoms. The Bertz CT molecular complexity index is 344. The zero-order chi connectivity index (χ0) is 18.3. The third-order valence-corrected chi connectivity index (χ3v) is 5.03. The summed E-state index contributed by atoms with van der Waals surface area (Å²) in [6.45, 7) is 3.80. The van der Waals surface area contributed by atoms with E-state index in [0.29, 0.717) is 52.7 Å². The number of rotatable bonds is 7. The highest BCUT2D eigenvalue weighted by Gasteiger charge is 2.15. The first-order valence-electron chi connectivity index (χ1n) is 10.3. The number of unbranched alkanes of at least 4 members (excludes halogenated alkanes) is 1. The zero-order valence-electron chi connectivity index (χ0n) is 16.1. The summed E-state index contributed by atoms with van der Waals surface area (Å²) in [5.41, 5.74) is 0. The van der Waals surface area contributed by atoms with Gasteiger partial charge in [0.05, 0.1) is 46.2 Å². The number of ether oxygens (including phenoxy) is 5. The van der Waals surface area contributed by atoms with Crippen LogP contribution in [0.15, 0.2) is 0 Å². The van der Waals surface area contributed by atoms with Gasteiger partial charge in [0.1, 0.15) is 12.7 Å². The molecule has 0 radical (unpaired) electrons. The van der Waals surface area contributed by atoms with Gasteiger partial charge in [-0.1, -0.05) is 44.9 Å². The lowest BCUT2D eigenvalue weighted by Crippen LogP contribution is -2.30. The predicted molar refractivity (Wildman–Crippen MR) is 98.2 cm³/mol. The van der Waals surface area contributed by atoms with Gasteiger partial charge in [0.25, 0.3) is 0 Å². The quantitative estimate of drug-likeness (QED) is 0.505. The number of hydrogen-bond donors (Lipinski definition) is 0. The maximum atomic E-state index is 12.0. The Hall–Kier alpha value is -0.690. The smallest absolute Gasteiger partial charge is 0.305 e. The molecule has 0 aromatic rings. The minimum Gasteiger partial charge on any atom is -0.463 e. The first kappa shape index (κ1) is 21.6. The third kappa shape index (κ3) is 10.5. The highest BCUT2D eigenvalue weighted by molar-refractivity contribution is 5.69. The number of esters is 1. The molecular formula is C20H36O6. The molecule has 0 bridgehead atoms. The van der Waals surface area contributed by atoms with E-state index >= 15 is 0 Å². The van der Waals surface area contributed by atoms with Gasteiger partial charge in [-0.3, -0.25) is 4.79 Å². The van der Waals surface area contributed by atoms with Crippen LogP contribution in [0, 0.1) is 5.92 Å². The Morgan fingerprint density at radius 3 is 2.31 bits per heavy atom. The second-order valence-electron chi connectivity index (χ2n) is 7.23. The minimum absolute atomic E-state index is 0.136. The van der Waals surface area contributed by atoms with Crippen LogP contribution >= 0.6 is 0 Å². The van der Waals surface area contributed by atoms with E-state index in [1.165, 1.54) is 38.5 Å². The molecule has 2 aliphatic rings. The van der Waals surface area contributed by atoms with E-state index in [1.807, 2.05) is 0 Å². The molecular weight excluding hydrogens is 336 g/mol. The van der Waals surface area contributed by atoms with Crippen molar-refractivity contribution in [3.8, 4) is 0 Å². The molecule has 152 valence electrons. The van der Waals surface area contributed by atoms with Crippen molar-refractivity contribution >= 4 is 5.97 Å². The van der Waals surface area contributed by atoms with Crippen molar-refractivity contribution in [2.24, 2.45) is 5.92 Å². The van der Waals surface area contributed by atoms with Crippen LogP contribution in [0.25, 0.3) is 0 Å². The van der Waals surface area contributed by atoms with E-state index in [1.54, 1.807) is 0 Å². The van der Waals surface area contributed by atoms with Crippen molar-refractivity contribution in [2.45, 2.75) is 63.9 Å². The Morgan fingerprint density at radius 1 is 0.846 bits per heavy atom. The fraction of sp³-hybridized carbons (Fsp3) is 0.950. The van der Waals surface area contributed by atoms with Gasteiger partial charge >= 0.3 is 5.97 Å². The molecule has 1 unspecified atom stereocenters. The summed E-state index contributed by atoms with van der Waals surface area (Å²) in [5, 5.41) is 0. The fourth-order valence-corrected chi connectivity index (χ4v) is 3.51. The second kappa shape index (κ2) is 14.4. The SMILES string of the molecule is O=C(CCCCC1CCCCC1)OCC1COCCOCCOCCO1. The molecule has 0 N–H and O–H groups in total. The van der Waals surface area contributed by atoms with E-state index in [0.717, 1.165) is 18.8 Å². The molecule has 0 amide bonds. The van der Waals surface area contributed by atoms with Crippen LogP contribution in [-0.4, -0.2) is 64.9 Å². The molecule has 1 aliphatic heterocycles. The topological polar surface area (TPSA) is 63.2 Å². The van der Waals surface area contributed by atoms with E-state index in [9.17, 15) is 4.79 Å². The zero-order valence-corrected chi connectivity index (χ0v) is 16.1. The normalized spacial score (nSPS) is 24.4. The van der Waals surface area contributed by atoms with Gasteiger partial charge in [0.2, 0.25) is 0 Å². The van der Waals surface area contributed by atoms with Crippen LogP contribution < -0.4 is 0 Å². The molecule has 0 aromatic heterocycles. The van der Waals surface area contributed by atoms with E-state index < -0.39 is 0 Å². The first-order chi connectivity index (χ1) is 12.8. The monoisotopic (exact) mass is 372 g/mol.